The Labute approximate surface area is 106 Å². The standard InChI is InChI=1S/C12H18N4O2/c1-3-18-12-9(13)4-5-10(15-12)16-7-6-14-11(17)8(16)2/h4-5,8H,3,6-7,13H2,1-2H3,(H,14,17). The molecule has 98 valence electrons. The van der Waals surface area contributed by atoms with Gasteiger partial charge < -0.3 is 20.7 Å². The van der Waals surface area contributed by atoms with E-state index in [2.05, 4.69) is 10.3 Å². The fourth-order valence-corrected chi connectivity index (χ4v) is 1.95. The van der Waals surface area contributed by atoms with Crippen LogP contribution in [-0.4, -0.2) is 36.6 Å². The minimum absolute atomic E-state index is 0.0119. The van der Waals surface area contributed by atoms with Gasteiger partial charge in [0.15, 0.2) is 0 Å². The average Bonchev–Trinajstić information content (AvgIpc) is 2.36. The summed E-state index contributed by atoms with van der Waals surface area (Å²) in [6.07, 6.45) is 0. The Bertz CT molecular complexity index is 450. The molecule has 18 heavy (non-hydrogen) atoms. The van der Waals surface area contributed by atoms with Crippen molar-refractivity contribution < 1.29 is 9.53 Å². The number of ether oxygens (including phenoxy) is 1. The van der Waals surface area contributed by atoms with E-state index in [4.69, 9.17) is 10.5 Å². The van der Waals surface area contributed by atoms with Gasteiger partial charge in [0.1, 0.15) is 11.9 Å². The van der Waals surface area contributed by atoms with Crippen molar-refractivity contribution in [2.45, 2.75) is 19.9 Å². The average molecular weight is 250 g/mol. The topological polar surface area (TPSA) is 80.5 Å². The molecule has 0 bridgehead atoms. The van der Waals surface area contributed by atoms with Crippen molar-refractivity contribution >= 4 is 17.4 Å². The van der Waals surface area contributed by atoms with Gasteiger partial charge in [-0.05, 0) is 26.0 Å². The summed E-state index contributed by atoms with van der Waals surface area (Å²) in [6, 6.07) is 3.34. The molecule has 2 rings (SSSR count). The number of amides is 1. The van der Waals surface area contributed by atoms with Gasteiger partial charge in [-0.3, -0.25) is 4.79 Å². The molecule has 1 fully saturated rings. The van der Waals surface area contributed by atoms with E-state index >= 15 is 0 Å². The molecule has 6 nitrogen and oxygen atoms in total. The van der Waals surface area contributed by atoms with Crippen molar-refractivity contribution in [3.63, 3.8) is 0 Å². The maximum Gasteiger partial charge on any atom is 0.242 e. The maximum atomic E-state index is 11.6. The van der Waals surface area contributed by atoms with E-state index < -0.39 is 0 Å². The van der Waals surface area contributed by atoms with Crippen LogP contribution >= 0.6 is 0 Å². The Morgan fingerprint density at radius 2 is 2.39 bits per heavy atom. The van der Waals surface area contributed by atoms with Crippen LogP contribution in [0.25, 0.3) is 0 Å². The van der Waals surface area contributed by atoms with Crippen LogP contribution in [0.4, 0.5) is 11.5 Å². The van der Waals surface area contributed by atoms with Gasteiger partial charge in [0.2, 0.25) is 11.8 Å². The predicted octanol–water partition coefficient (Wildman–Crippen LogP) is 0.387. The molecule has 6 heteroatoms. The van der Waals surface area contributed by atoms with Crippen LogP contribution in [0, 0.1) is 0 Å². The van der Waals surface area contributed by atoms with E-state index in [0.717, 1.165) is 12.4 Å². The summed E-state index contributed by atoms with van der Waals surface area (Å²) in [4.78, 5) is 17.9. The largest absolute Gasteiger partial charge is 0.476 e. The van der Waals surface area contributed by atoms with Gasteiger partial charge in [-0.25, -0.2) is 0 Å². The highest BCUT2D eigenvalue weighted by molar-refractivity contribution is 5.85. The quantitative estimate of drug-likeness (QED) is 0.811. The van der Waals surface area contributed by atoms with Crippen LogP contribution < -0.4 is 20.7 Å². The summed E-state index contributed by atoms with van der Waals surface area (Å²) in [5.41, 5.74) is 6.29. The molecular formula is C12H18N4O2. The van der Waals surface area contributed by atoms with Gasteiger partial charge in [0.25, 0.3) is 0 Å². The monoisotopic (exact) mass is 250 g/mol. The van der Waals surface area contributed by atoms with E-state index in [1.807, 2.05) is 24.8 Å². The summed E-state index contributed by atoms with van der Waals surface area (Å²) in [5.74, 6) is 1.15. The van der Waals surface area contributed by atoms with Crippen LogP contribution in [0.5, 0.6) is 5.88 Å². The first-order valence-corrected chi connectivity index (χ1v) is 6.07. The Hall–Kier alpha value is -1.98. The second-order valence-electron chi connectivity index (χ2n) is 4.16. The first-order chi connectivity index (χ1) is 8.63. The van der Waals surface area contributed by atoms with Crippen molar-refractivity contribution in [2.24, 2.45) is 0 Å². The van der Waals surface area contributed by atoms with E-state index in [9.17, 15) is 4.79 Å². The minimum atomic E-state index is -0.232. The van der Waals surface area contributed by atoms with E-state index in [0.29, 0.717) is 24.7 Å². The van der Waals surface area contributed by atoms with Gasteiger partial charge in [-0.1, -0.05) is 0 Å². The molecule has 0 spiro atoms. The third kappa shape index (κ3) is 2.32. The summed E-state index contributed by atoms with van der Waals surface area (Å²) in [6.45, 7) is 5.60. The second-order valence-corrected chi connectivity index (χ2v) is 4.16. The lowest BCUT2D eigenvalue weighted by Gasteiger charge is -2.33. The molecule has 0 saturated carbocycles. The van der Waals surface area contributed by atoms with Crippen molar-refractivity contribution in [3.05, 3.63) is 12.1 Å². The Morgan fingerprint density at radius 1 is 1.61 bits per heavy atom. The Morgan fingerprint density at radius 3 is 3.11 bits per heavy atom. The molecule has 0 aliphatic carbocycles. The van der Waals surface area contributed by atoms with Gasteiger partial charge in [0, 0.05) is 13.1 Å². The highest BCUT2D eigenvalue weighted by Crippen LogP contribution is 2.24. The molecule has 1 aliphatic heterocycles. The minimum Gasteiger partial charge on any atom is -0.476 e. The van der Waals surface area contributed by atoms with Gasteiger partial charge in [0.05, 0.1) is 12.3 Å². The number of rotatable bonds is 3. The number of aromatic nitrogens is 1. The highest BCUT2D eigenvalue weighted by atomic mass is 16.5. The van der Waals surface area contributed by atoms with Crippen LogP contribution in [0.1, 0.15) is 13.8 Å². The lowest BCUT2D eigenvalue weighted by Crippen LogP contribution is -2.54. The molecule has 3 N–H and O–H groups in total. The maximum absolute atomic E-state index is 11.6. The van der Waals surface area contributed by atoms with E-state index in [1.165, 1.54) is 0 Å². The third-order valence-corrected chi connectivity index (χ3v) is 2.95. The van der Waals surface area contributed by atoms with Gasteiger partial charge in [-0.15, -0.1) is 0 Å². The second kappa shape index (κ2) is 5.12. The van der Waals surface area contributed by atoms with Gasteiger partial charge in [-0.2, -0.15) is 4.98 Å². The summed E-state index contributed by atoms with van der Waals surface area (Å²) >= 11 is 0. The van der Waals surface area contributed by atoms with Crippen LogP contribution in [0.3, 0.4) is 0 Å². The number of anilines is 2. The summed E-state index contributed by atoms with van der Waals surface area (Å²) < 4.78 is 5.37. The third-order valence-electron chi connectivity index (χ3n) is 2.95. The fraction of sp³-hybridized carbons (Fsp3) is 0.500. The lowest BCUT2D eigenvalue weighted by molar-refractivity contribution is -0.122. The molecule has 0 aromatic carbocycles. The number of pyridine rings is 1. The number of nitrogens with one attached hydrogen (secondary N) is 1. The fourth-order valence-electron chi connectivity index (χ4n) is 1.95. The molecule has 1 atom stereocenters. The SMILES string of the molecule is CCOc1nc(N2CCNC(=O)C2C)ccc1N. The molecule has 1 amide bonds. The first kappa shape index (κ1) is 12.5. The number of carbonyl (C=O) groups is 1. The molecular weight excluding hydrogens is 232 g/mol. The highest BCUT2D eigenvalue weighted by Gasteiger charge is 2.26. The molecule has 2 heterocycles. The number of piperazine rings is 1. The summed E-state index contributed by atoms with van der Waals surface area (Å²) in [5, 5.41) is 2.82. The number of carbonyl (C=O) groups excluding carboxylic acids is 1. The zero-order valence-electron chi connectivity index (χ0n) is 10.6. The van der Waals surface area contributed by atoms with Crippen LogP contribution in [0.2, 0.25) is 0 Å². The zero-order chi connectivity index (χ0) is 13.1. The van der Waals surface area contributed by atoms with Crippen LogP contribution in [-0.2, 0) is 4.79 Å². The van der Waals surface area contributed by atoms with Crippen molar-refractivity contribution in [1.82, 2.24) is 10.3 Å². The zero-order valence-corrected chi connectivity index (χ0v) is 10.6. The normalized spacial score (nSPS) is 19.6. The number of nitrogen functional groups attached to an aromatic ring is 1. The summed E-state index contributed by atoms with van der Waals surface area (Å²) in [7, 11) is 0. The number of nitrogens with zero attached hydrogens (tertiary/aromatic N) is 2. The first-order valence-electron chi connectivity index (χ1n) is 6.07. The lowest BCUT2D eigenvalue weighted by atomic mass is 10.2. The van der Waals surface area contributed by atoms with E-state index in [1.54, 1.807) is 6.07 Å². The smallest absolute Gasteiger partial charge is 0.242 e. The number of nitrogens with two attached hydrogens (primary N) is 1. The van der Waals surface area contributed by atoms with Crippen molar-refractivity contribution in [3.8, 4) is 5.88 Å². The van der Waals surface area contributed by atoms with Gasteiger partial charge >= 0.3 is 0 Å². The predicted molar refractivity (Wildman–Crippen MR) is 69.6 cm³/mol. The number of hydrogen-bond donors (Lipinski definition) is 2. The molecule has 1 aromatic heterocycles. The number of hydrogen-bond acceptors (Lipinski definition) is 5. The Balaban J connectivity index is 2.27. The Kier molecular flexibility index (Phi) is 3.55. The molecule has 1 saturated heterocycles. The molecule has 0 radical (unpaired) electrons. The molecule has 1 aromatic rings. The van der Waals surface area contributed by atoms with Crippen molar-refractivity contribution in [2.75, 3.05) is 30.3 Å². The van der Waals surface area contributed by atoms with Crippen LogP contribution in [0.15, 0.2) is 12.1 Å². The molecule has 1 unspecified atom stereocenters. The van der Waals surface area contributed by atoms with E-state index in [-0.39, 0.29) is 11.9 Å². The molecule has 1 aliphatic rings. The van der Waals surface area contributed by atoms with Crippen molar-refractivity contribution in [1.29, 1.82) is 0 Å².